The lowest BCUT2D eigenvalue weighted by Crippen LogP contribution is -2.49. The lowest BCUT2D eigenvalue weighted by Gasteiger charge is -2.35. The van der Waals surface area contributed by atoms with Crippen molar-refractivity contribution in [3.8, 4) is 0 Å². The van der Waals surface area contributed by atoms with E-state index in [1.54, 1.807) is 46.2 Å². The Morgan fingerprint density at radius 3 is 2.30 bits per heavy atom. The molecule has 0 atom stereocenters. The first-order valence-electron chi connectivity index (χ1n) is 10.5. The molecule has 4 rings (SSSR count). The van der Waals surface area contributed by atoms with Gasteiger partial charge in [-0.25, -0.2) is 9.18 Å². The number of nitrogens with one attached hydrogen (secondary N) is 1. The molecule has 3 aromatic carbocycles. The molecule has 1 fully saturated rings. The Morgan fingerprint density at radius 1 is 0.909 bits per heavy atom. The predicted molar refractivity (Wildman–Crippen MR) is 129 cm³/mol. The number of hydrogen-bond donors (Lipinski definition) is 1. The minimum Gasteiger partial charge on any atom is -0.326 e. The van der Waals surface area contributed by atoms with Crippen LogP contribution in [0.2, 0.25) is 10.0 Å². The fraction of sp³-hybridized carbons (Fsp3) is 0.200. The van der Waals surface area contributed by atoms with Gasteiger partial charge in [0, 0.05) is 31.0 Å². The van der Waals surface area contributed by atoms with Crippen molar-refractivity contribution in [1.82, 2.24) is 4.90 Å². The molecule has 1 saturated heterocycles. The molecule has 33 heavy (non-hydrogen) atoms. The molecule has 0 aromatic heterocycles. The molecule has 3 aromatic rings. The zero-order valence-corrected chi connectivity index (χ0v) is 19.2. The number of anilines is 2. The van der Waals surface area contributed by atoms with Crippen molar-refractivity contribution in [2.45, 2.75) is 19.4 Å². The number of halogens is 3. The molecule has 170 valence electrons. The van der Waals surface area contributed by atoms with E-state index in [4.69, 9.17) is 23.2 Å². The number of amides is 3. The monoisotopic (exact) mass is 485 g/mol. The molecule has 0 unspecified atom stereocenters. The zero-order chi connectivity index (χ0) is 23.4. The van der Waals surface area contributed by atoms with E-state index in [1.165, 1.54) is 12.1 Å². The third kappa shape index (κ3) is 5.83. The third-order valence-electron chi connectivity index (χ3n) is 5.41. The van der Waals surface area contributed by atoms with E-state index in [-0.39, 0.29) is 24.2 Å². The van der Waals surface area contributed by atoms with Crippen LogP contribution in [0.15, 0.2) is 66.7 Å². The Kier molecular flexibility index (Phi) is 7.16. The maximum absolute atomic E-state index is 13.1. The Balaban J connectivity index is 1.38. The van der Waals surface area contributed by atoms with Crippen molar-refractivity contribution >= 4 is 46.5 Å². The number of carbonyl (C=O) groups is 2. The van der Waals surface area contributed by atoms with Gasteiger partial charge in [-0.05, 0) is 66.1 Å². The normalized spacial score (nSPS) is 13.8. The summed E-state index contributed by atoms with van der Waals surface area (Å²) in [4.78, 5) is 28.8. The van der Waals surface area contributed by atoms with Gasteiger partial charge in [0.1, 0.15) is 5.82 Å². The SMILES string of the molecule is O=C(Cc1ccc(F)cc1)Nc1ccc(N2CCCN(Cc3ccc(Cl)c(Cl)c3)C2=O)cc1. The van der Waals surface area contributed by atoms with Crippen LogP contribution in [-0.4, -0.2) is 29.9 Å². The van der Waals surface area contributed by atoms with Crippen molar-refractivity contribution in [1.29, 1.82) is 0 Å². The largest absolute Gasteiger partial charge is 0.326 e. The topological polar surface area (TPSA) is 52.7 Å². The van der Waals surface area contributed by atoms with Crippen LogP contribution in [0.4, 0.5) is 20.6 Å². The van der Waals surface area contributed by atoms with E-state index in [0.717, 1.165) is 23.2 Å². The molecule has 8 heteroatoms. The zero-order valence-electron chi connectivity index (χ0n) is 17.7. The molecular weight excluding hydrogens is 464 g/mol. The van der Waals surface area contributed by atoms with Crippen molar-refractivity contribution in [3.63, 3.8) is 0 Å². The van der Waals surface area contributed by atoms with Gasteiger partial charge >= 0.3 is 6.03 Å². The van der Waals surface area contributed by atoms with Gasteiger partial charge in [-0.1, -0.05) is 41.4 Å². The molecule has 0 saturated carbocycles. The number of benzene rings is 3. The number of carbonyl (C=O) groups excluding carboxylic acids is 2. The summed E-state index contributed by atoms with van der Waals surface area (Å²) < 4.78 is 13.0. The van der Waals surface area contributed by atoms with Crippen LogP contribution >= 0.6 is 23.2 Å². The highest BCUT2D eigenvalue weighted by molar-refractivity contribution is 6.42. The quantitative estimate of drug-likeness (QED) is 0.455. The molecule has 0 bridgehead atoms. The van der Waals surface area contributed by atoms with Crippen molar-refractivity contribution in [2.24, 2.45) is 0 Å². The van der Waals surface area contributed by atoms with Crippen molar-refractivity contribution in [3.05, 3.63) is 93.7 Å². The van der Waals surface area contributed by atoms with Gasteiger partial charge < -0.3 is 10.2 Å². The smallest absolute Gasteiger partial charge is 0.324 e. The highest BCUT2D eigenvalue weighted by Crippen LogP contribution is 2.26. The van der Waals surface area contributed by atoms with Crippen LogP contribution in [0.5, 0.6) is 0 Å². The minimum absolute atomic E-state index is 0.0829. The fourth-order valence-corrected chi connectivity index (χ4v) is 4.06. The van der Waals surface area contributed by atoms with Gasteiger partial charge in [0.15, 0.2) is 0 Å². The number of urea groups is 1. The van der Waals surface area contributed by atoms with Gasteiger partial charge in [-0.15, -0.1) is 0 Å². The second-order valence-electron chi connectivity index (χ2n) is 7.86. The van der Waals surface area contributed by atoms with Crippen LogP contribution < -0.4 is 10.2 Å². The minimum atomic E-state index is -0.336. The second-order valence-corrected chi connectivity index (χ2v) is 8.67. The molecule has 0 radical (unpaired) electrons. The van der Waals surface area contributed by atoms with E-state index in [2.05, 4.69) is 5.32 Å². The molecular formula is C25H22Cl2FN3O2. The molecule has 1 aliphatic rings. The van der Waals surface area contributed by atoms with Gasteiger partial charge in [0.25, 0.3) is 0 Å². The van der Waals surface area contributed by atoms with E-state index >= 15 is 0 Å². The number of rotatable bonds is 6. The molecule has 0 spiro atoms. The van der Waals surface area contributed by atoms with E-state index in [0.29, 0.717) is 35.4 Å². The Labute approximate surface area is 201 Å². The maximum Gasteiger partial charge on any atom is 0.324 e. The molecule has 1 N–H and O–H groups in total. The Hall–Kier alpha value is -3.09. The number of hydrogen-bond acceptors (Lipinski definition) is 2. The molecule has 3 amide bonds. The lowest BCUT2D eigenvalue weighted by atomic mass is 10.1. The van der Waals surface area contributed by atoms with Crippen LogP contribution in [-0.2, 0) is 17.8 Å². The fourth-order valence-electron chi connectivity index (χ4n) is 3.74. The molecule has 1 heterocycles. The van der Waals surface area contributed by atoms with Crippen molar-refractivity contribution in [2.75, 3.05) is 23.3 Å². The second kappa shape index (κ2) is 10.2. The summed E-state index contributed by atoms with van der Waals surface area (Å²) in [6.45, 7) is 1.73. The predicted octanol–water partition coefficient (Wildman–Crippen LogP) is 6.15. The molecule has 0 aliphatic carbocycles. The third-order valence-corrected chi connectivity index (χ3v) is 6.15. The highest BCUT2D eigenvalue weighted by Gasteiger charge is 2.27. The summed E-state index contributed by atoms with van der Waals surface area (Å²) in [5.74, 6) is -0.534. The lowest BCUT2D eigenvalue weighted by molar-refractivity contribution is -0.115. The van der Waals surface area contributed by atoms with Crippen molar-refractivity contribution < 1.29 is 14.0 Å². The summed E-state index contributed by atoms with van der Waals surface area (Å²) in [5, 5.41) is 3.78. The molecule has 1 aliphatic heterocycles. The van der Waals surface area contributed by atoms with Crippen LogP contribution in [0.25, 0.3) is 0 Å². The first kappa shape index (κ1) is 23.1. The average Bonchev–Trinajstić information content (AvgIpc) is 2.80. The van der Waals surface area contributed by atoms with Gasteiger partial charge in [0.05, 0.1) is 16.5 Å². The summed E-state index contributed by atoms with van der Waals surface area (Å²) in [6, 6.07) is 18.3. The Bertz CT molecular complexity index is 1150. The Morgan fingerprint density at radius 2 is 1.61 bits per heavy atom. The first-order chi connectivity index (χ1) is 15.9. The van der Waals surface area contributed by atoms with Gasteiger partial charge in [-0.2, -0.15) is 0 Å². The van der Waals surface area contributed by atoms with Gasteiger partial charge in [-0.3, -0.25) is 9.69 Å². The van der Waals surface area contributed by atoms with Crippen LogP contribution in [0, 0.1) is 5.82 Å². The molecule has 5 nitrogen and oxygen atoms in total. The standard InChI is InChI=1S/C25H22Cl2FN3O2/c26-22-11-4-18(14-23(22)27)16-30-12-1-13-31(25(30)33)21-9-7-20(8-10-21)29-24(32)15-17-2-5-19(28)6-3-17/h2-11,14H,1,12-13,15-16H2,(H,29,32). The first-order valence-corrected chi connectivity index (χ1v) is 11.3. The summed E-state index contributed by atoms with van der Waals surface area (Å²) in [6.07, 6.45) is 0.986. The highest BCUT2D eigenvalue weighted by atomic mass is 35.5. The van der Waals surface area contributed by atoms with E-state index in [9.17, 15) is 14.0 Å². The average molecular weight is 486 g/mol. The van der Waals surface area contributed by atoms with E-state index < -0.39 is 0 Å². The summed E-state index contributed by atoms with van der Waals surface area (Å²) >= 11 is 12.1. The summed E-state index contributed by atoms with van der Waals surface area (Å²) in [7, 11) is 0. The van der Waals surface area contributed by atoms with Gasteiger partial charge in [0.2, 0.25) is 5.91 Å². The number of nitrogens with zero attached hydrogens (tertiary/aromatic N) is 2. The van der Waals surface area contributed by atoms with Crippen LogP contribution in [0.1, 0.15) is 17.5 Å². The summed E-state index contributed by atoms with van der Waals surface area (Å²) in [5.41, 5.74) is 3.03. The van der Waals surface area contributed by atoms with Crippen LogP contribution in [0.3, 0.4) is 0 Å². The maximum atomic E-state index is 13.1. The van der Waals surface area contributed by atoms with E-state index in [1.807, 2.05) is 18.2 Å².